The molecule has 1 saturated carbocycles. The second-order valence-electron chi connectivity index (χ2n) is 5.06. The Balaban J connectivity index is 2.00. The Morgan fingerprint density at radius 3 is 2.80 bits per heavy atom. The van der Waals surface area contributed by atoms with E-state index in [1.54, 1.807) is 7.11 Å². The highest BCUT2D eigenvalue weighted by Gasteiger charge is 2.40. The molecule has 3 rings (SSSR count). The fraction of sp³-hybridized carbons (Fsp3) is 0.429. The molecule has 1 heterocycles. The highest BCUT2D eigenvalue weighted by Crippen LogP contribution is 2.41. The number of nitrogens with two attached hydrogens (primary N) is 1. The lowest BCUT2D eigenvalue weighted by Crippen LogP contribution is -2.25. The van der Waals surface area contributed by atoms with E-state index in [2.05, 4.69) is 10.1 Å². The summed E-state index contributed by atoms with van der Waals surface area (Å²) in [5.41, 5.74) is 6.15. The summed E-state index contributed by atoms with van der Waals surface area (Å²) in [5.74, 6) is 0.341. The zero-order chi connectivity index (χ0) is 14.2. The molecule has 0 atom stereocenters. The van der Waals surface area contributed by atoms with E-state index in [4.69, 9.17) is 15.0 Å². The molecule has 1 aromatic carbocycles. The molecule has 6 heteroatoms. The summed E-state index contributed by atoms with van der Waals surface area (Å²) in [5, 5.41) is 4.00. The van der Waals surface area contributed by atoms with Crippen LogP contribution in [0.5, 0.6) is 0 Å². The molecule has 0 bridgehead atoms. The normalized spacial score (nSPS) is 17.5. The Labute approximate surface area is 115 Å². The van der Waals surface area contributed by atoms with Gasteiger partial charge in [-0.1, -0.05) is 5.16 Å². The third kappa shape index (κ3) is 2.06. The van der Waals surface area contributed by atoms with E-state index in [1.165, 1.54) is 18.2 Å². The summed E-state index contributed by atoms with van der Waals surface area (Å²) in [6.07, 6.45) is 3.86. The third-order valence-corrected chi connectivity index (χ3v) is 3.88. The summed E-state index contributed by atoms with van der Waals surface area (Å²) in [4.78, 5) is 4.36. The van der Waals surface area contributed by atoms with Crippen molar-refractivity contribution in [2.45, 2.75) is 31.3 Å². The topological polar surface area (TPSA) is 74.2 Å². The van der Waals surface area contributed by atoms with Crippen molar-refractivity contribution in [3.05, 3.63) is 29.8 Å². The first kappa shape index (κ1) is 13.1. The van der Waals surface area contributed by atoms with Gasteiger partial charge in [-0.2, -0.15) is 4.98 Å². The highest BCUT2D eigenvalue weighted by atomic mass is 19.1. The molecule has 0 saturated heterocycles. The number of halogens is 1. The average Bonchev–Trinajstić information content (AvgIpc) is 3.10. The van der Waals surface area contributed by atoms with Crippen LogP contribution in [0, 0.1) is 5.82 Å². The van der Waals surface area contributed by atoms with Gasteiger partial charge in [-0.05, 0) is 43.9 Å². The summed E-state index contributed by atoms with van der Waals surface area (Å²) in [6, 6.07) is 4.07. The molecule has 0 aliphatic heterocycles. The number of hydrogen-bond acceptors (Lipinski definition) is 5. The Kier molecular flexibility index (Phi) is 3.17. The van der Waals surface area contributed by atoms with Crippen molar-refractivity contribution >= 4 is 5.69 Å². The number of hydrogen-bond donors (Lipinski definition) is 1. The van der Waals surface area contributed by atoms with Crippen LogP contribution in [-0.4, -0.2) is 17.3 Å². The zero-order valence-corrected chi connectivity index (χ0v) is 11.2. The lowest BCUT2D eigenvalue weighted by Gasteiger charge is -2.22. The molecule has 0 amide bonds. The van der Waals surface area contributed by atoms with Crippen LogP contribution in [0.1, 0.15) is 31.5 Å². The summed E-state index contributed by atoms with van der Waals surface area (Å²) >= 11 is 0. The average molecular weight is 277 g/mol. The summed E-state index contributed by atoms with van der Waals surface area (Å²) in [7, 11) is 1.65. The number of benzene rings is 1. The molecule has 2 aromatic rings. The van der Waals surface area contributed by atoms with Gasteiger partial charge in [-0.15, -0.1) is 0 Å². The predicted octanol–water partition coefficient (Wildman–Crippen LogP) is 2.87. The number of rotatable bonds is 3. The molecule has 5 nitrogen and oxygen atoms in total. The van der Waals surface area contributed by atoms with Gasteiger partial charge in [0.25, 0.3) is 5.89 Å². The molecule has 1 aliphatic rings. The van der Waals surface area contributed by atoms with Crippen molar-refractivity contribution in [3.63, 3.8) is 0 Å². The van der Waals surface area contributed by atoms with Gasteiger partial charge in [0.2, 0.25) is 5.82 Å². The summed E-state index contributed by atoms with van der Waals surface area (Å²) < 4.78 is 24.1. The van der Waals surface area contributed by atoms with Crippen LogP contribution in [0.2, 0.25) is 0 Å². The monoisotopic (exact) mass is 277 g/mol. The molecule has 1 fully saturated rings. The number of methoxy groups -OCH3 is 1. The van der Waals surface area contributed by atoms with Crippen LogP contribution in [0.4, 0.5) is 10.1 Å². The number of aromatic nitrogens is 2. The smallest absolute Gasteiger partial charge is 0.260 e. The van der Waals surface area contributed by atoms with Gasteiger partial charge in [0.05, 0.1) is 5.56 Å². The lowest BCUT2D eigenvalue weighted by molar-refractivity contribution is -0.0178. The molecule has 0 unspecified atom stereocenters. The van der Waals surface area contributed by atoms with Crippen molar-refractivity contribution in [1.82, 2.24) is 10.1 Å². The maximum atomic E-state index is 13.3. The molecule has 0 radical (unpaired) electrons. The van der Waals surface area contributed by atoms with E-state index in [9.17, 15) is 4.39 Å². The van der Waals surface area contributed by atoms with Crippen LogP contribution < -0.4 is 5.73 Å². The third-order valence-electron chi connectivity index (χ3n) is 3.88. The fourth-order valence-corrected chi connectivity index (χ4v) is 2.70. The Morgan fingerprint density at radius 1 is 1.35 bits per heavy atom. The van der Waals surface area contributed by atoms with Crippen molar-refractivity contribution in [1.29, 1.82) is 0 Å². The number of nitrogen functional groups attached to an aromatic ring is 1. The minimum Gasteiger partial charge on any atom is -0.398 e. The quantitative estimate of drug-likeness (QED) is 0.873. The van der Waals surface area contributed by atoms with Crippen molar-refractivity contribution < 1.29 is 13.7 Å². The molecule has 1 aromatic heterocycles. The second kappa shape index (κ2) is 4.86. The van der Waals surface area contributed by atoms with E-state index in [-0.39, 0.29) is 5.89 Å². The maximum absolute atomic E-state index is 13.3. The largest absolute Gasteiger partial charge is 0.398 e. The minimum absolute atomic E-state index is 0.223. The number of anilines is 1. The standard InChI is InChI=1S/C14H16FN3O2/c1-19-14(6-2-3-7-14)13-17-12(20-18-13)10-8-9(15)4-5-11(10)16/h4-5,8H,2-3,6-7,16H2,1H3. The summed E-state index contributed by atoms with van der Waals surface area (Å²) in [6.45, 7) is 0. The minimum atomic E-state index is -0.482. The van der Waals surface area contributed by atoms with Crippen molar-refractivity contribution in [2.75, 3.05) is 12.8 Å². The maximum Gasteiger partial charge on any atom is 0.260 e. The van der Waals surface area contributed by atoms with E-state index in [0.29, 0.717) is 17.1 Å². The van der Waals surface area contributed by atoms with Crippen LogP contribution in [0.15, 0.2) is 22.7 Å². The Bertz CT molecular complexity index is 621. The van der Waals surface area contributed by atoms with E-state index in [0.717, 1.165) is 25.7 Å². The fourth-order valence-electron chi connectivity index (χ4n) is 2.70. The van der Waals surface area contributed by atoms with Crippen molar-refractivity contribution in [2.24, 2.45) is 0 Å². The van der Waals surface area contributed by atoms with Gasteiger partial charge in [-0.3, -0.25) is 0 Å². The van der Waals surface area contributed by atoms with Crippen LogP contribution in [-0.2, 0) is 10.3 Å². The van der Waals surface area contributed by atoms with Crippen LogP contribution in [0.25, 0.3) is 11.5 Å². The van der Waals surface area contributed by atoms with Gasteiger partial charge < -0.3 is 15.0 Å². The number of nitrogens with zero attached hydrogens (tertiary/aromatic N) is 2. The molecular formula is C14H16FN3O2. The molecule has 2 N–H and O–H groups in total. The second-order valence-corrected chi connectivity index (χ2v) is 5.06. The SMILES string of the molecule is COC1(c2noc(-c3cc(F)ccc3N)n2)CCCC1. The van der Waals surface area contributed by atoms with Gasteiger partial charge in [0.15, 0.2) is 0 Å². The highest BCUT2D eigenvalue weighted by molar-refractivity contribution is 5.70. The number of ether oxygens (including phenoxy) is 1. The van der Waals surface area contributed by atoms with Gasteiger partial charge in [-0.25, -0.2) is 4.39 Å². The molecular weight excluding hydrogens is 261 g/mol. The molecule has 1 aliphatic carbocycles. The van der Waals surface area contributed by atoms with Gasteiger partial charge in [0, 0.05) is 12.8 Å². The Hall–Kier alpha value is -1.95. The van der Waals surface area contributed by atoms with Gasteiger partial charge >= 0.3 is 0 Å². The molecule has 0 spiro atoms. The van der Waals surface area contributed by atoms with E-state index in [1.807, 2.05) is 0 Å². The first-order valence-corrected chi connectivity index (χ1v) is 6.59. The van der Waals surface area contributed by atoms with Crippen LogP contribution >= 0.6 is 0 Å². The van der Waals surface area contributed by atoms with E-state index >= 15 is 0 Å². The van der Waals surface area contributed by atoms with E-state index < -0.39 is 11.4 Å². The zero-order valence-electron chi connectivity index (χ0n) is 11.2. The molecule has 106 valence electrons. The lowest BCUT2D eigenvalue weighted by atomic mass is 10.0. The Morgan fingerprint density at radius 2 is 2.10 bits per heavy atom. The first-order valence-electron chi connectivity index (χ1n) is 6.59. The molecule has 20 heavy (non-hydrogen) atoms. The van der Waals surface area contributed by atoms with Crippen molar-refractivity contribution in [3.8, 4) is 11.5 Å². The first-order chi connectivity index (χ1) is 9.64. The van der Waals surface area contributed by atoms with Gasteiger partial charge in [0.1, 0.15) is 11.4 Å². The van der Waals surface area contributed by atoms with Crippen LogP contribution in [0.3, 0.4) is 0 Å². The predicted molar refractivity (Wildman–Crippen MR) is 71.3 cm³/mol.